The highest BCUT2D eigenvalue weighted by Gasteiger charge is 2.20. The van der Waals surface area contributed by atoms with E-state index in [4.69, 9.17) is 5.73 Å². The van der Waals surface area contributed by atoms with E-state index in [1.165, 1.54) is 6.20 Å². The van der Waals surface area contributed by atoms with Gasteiger partial charge in [-0.05, 0) is 31.3 Å². The number of nitrogen functional groups attached to an aromatic ring is 1. The average Bonchev–Trinajstić information content (AvgIpc) is 2.85. The zero-order valence-electron chi connectivity index (χ0n) is 18.9. The van der Waals surface area contributed by atoms with E-state index in [0.29, 0.717) is 23.5 Å². The maximum atomic E-state index is 12.8. The van der Waals surface area contributed by atoms with E-state index in [1.807, 2.05) is 0 Å². The van der Waals surface area contributed by atoms with E-state index in [0.717, 1.165) is 26.2 Å². The zero-order chi connectivity index (χ0) is 24.1. The SMILES string of the molecule is CN1CCN(CCS(=O)(=O)c2ccc(-c3cnc(N)c(C(=O)Nc4cc#ccc4)n3)cc2)CC1. The highest BCUT2D eigenvalue weighted by molar-refractivity contribution is 7.91. The molecule has 0 spiro atoms. The second-order valence-corrected chi connectivity index (χ2v) is 10.3. The molecule has 4 rings (SSSR count). The van der Waals surface area contributed by atoms with Crippen LogP contribution in [0.4, 0.5) is 11.5 Å². The summed E-state index contributed by atoms with van der Waals surface area (Å²) in [5.41, 5.74) is 7.42. The number of nitrogens with one attached hydrogen (secondary N) is 1. The van der Waals surface area contributed by atoms with Crippen molar-refractivity contribution >= 4 is 27.2 Å². The van der Waals surface area contributed by atoms with Gasteiger partial charge in [-0.1, -0.05) is 24.3 Å². The lowest BCUT2D eigenvalue weighted by Gasteiger charge is -2.32. The van der Waals surface area contributed by atoms with Crippen LogP contribution in [-0.2, 0) is 9.84 Å². The van der Waals surface area contributed by atoms with E-state index in [9.17, 15) is 13.2 Å². The number of carbonyl (C=O) groups excluding carboxylic acids is 1. The van der Waals surface area contributed by atoms with Crippen LogP contribution in [0.15, 0.2) is 53.6 Å². The molecule has 1 fully saturated rings. The second kappa shape index (κ2) is 10.2. The lowest BCUT2D eigenvalue weighted by atomic mass is 10.1. The molecule has 0 bridgehead atoms. The molecule has 3 aromatic rings. The fourth-order valence-electron chi connectivity index (χ4n) is 3.59. The zero-order valence-corrected chi connectivity index (χ0v) is 19.7. The molecular weight excluding hydrogens is 452 g/mol. The Hall–Kier alpha value is -3.52. The summed E-state index contributed by atoms with van der Waals surface area (Å²) >= 11 is 0. The van der Waals surface area contributed by atoms with Crippen LogP contribution >= 0.6 is 0 Å². The first kappa shape index (κ1) is 23.6. The Balaban J connectivity index is 1.46. The molecule has 10 heteroatoms. The molecule has 0 saturated carbocycles. The average molecular weight is 479 g/mol. The molecule has 0 aliphatic carbocycles. The second-order valence-electron chi connectivity index (χ2n) is 8.15. The first-order valence-corrected chi connectivity index (χ1v) is 12.5. The Kier molecular flexibility index (Phi) is 7.07. The van der Waals surface area contributed by atoms with Gasteiger partial charge in [-0.2, -0.15) is 0 Å². The van der Waals surface area contributed by atoms with Crippen molar-refractivity contribution in [3.05, 3.63) is 66.5 Å². The molecule has 2 heterocycles. The third-order valence-electron chi connectivity index (χ3n) is 5.71. The van der Waals surface area contributed by atoms with E-state index in [1.54, 1.807) is 42.5 Å². The van der Waals surface area contributed by atoms with Crippen molar-refractivity contribution in [2.24, 2.45) is 0 Å². The van der Waals surface area contributed by atoms with Crippen LogP contribution in [0, 0.1) is 12.1 Å². The summed E-state index contributed by atoms with van der Waals surface area (Å²) in [4.78, 5) is 25.7. The van der Waals surface area contributed by atoms with Gasteiger partial charge in [-0.25, -0.2) is 18.4 Å². The van der Waals surface area contributed by atoms with Gasteiger partial charge < -0.3 is 16.0 Å². The molecule has 0 atom stereocenters. The Morgan fingerprint density at radius 2 is 1.85 bits per heavy atom. The number of nitrogens with two attached hydrogens (primary N) is 1. The Morgan fingerprint density at radius 3 is 2.53 bits per heavy atom. The molecule has 2 aromatic carbocycles. The minimum Gasteiger partial charge on any atom is -0.382 e. The molecule has 3 N–H and O–H groups in total. The van der Waals surface area contributed by atoms with Crippen LogP contribution in [0.1, 0.15) is 10.5 Å². The van der Waals surface area contributed by atoms with Crippen LogP contribution in [-0.4, -0.2) is 79.6 Å². The molecule has 9 nitrogen and oxygen atoms in total. The van der Waals surface area contributed by atoms with E-state index >= 15 is 0 Å². The van der Waals surface area contributed by atoms with Crippen molar-refractivity contribution in [1.82, 2.24) is 19.8 Å². The highest BCUT2D eigenvalue weighted by Crippen LogP contribution is 2.22. The molecule has 176 valence electrons. The summed E-state index contributed by atoms with van der Waals surface area (Å²) < 4.78 is 25.6. The summed E-state index contributed by atoms with van der Waals surface area (Å²) in [7, 11) is -1.35. The summed E-state index contributed by atoms with van der Waals surface area (Å²) in [5, 5.41) is 2.69. The number of aromatic nitrogens is 2. The Labute approximate surface area is 199 Å². The van der Waals surface area contributed by atoms with Crippen molar-refractivity contribution in [1.29, 1.82) is 0 Å². The lowest BCUT2D eigenvalue weighted by Crippen LogP contribution is -2.45. The van der Waals surface area contributed by atoms with Gasteiger partial charge in [0, 0.05) is 44.4 Å². The molecule has 1 aliphatic rings. The van der Waals surface area contributed by atoms with Gasteiger partial charge in [0.15, 0.2) is 21.3 Å². The first-order chi connectivity index (χ1) is 16.3. The Bertz CT molecular complexity index is 1240. The van der Waals surface area contributed by atoms with Crippen molar-refractivity contribution in [2.75, 3.05) is 56.6 Å². The number of benzene rings is 1. The topological polar surface area (TPSA) is 122 Å². The number of nitrogens with zero attached hydrogens (tertiary/aromatic N) is 4. The van der Waals surface area contributed by atoms with Crippen molar-refractivity contribution in [3.63, 3.8) is 0 Å². The van der Waals surface area contributed by atoms with Gasteiger partial charge in [0.2, 0.25) is 0 Å². The van der Waals surface area contributed by atoms with Crippen LogP contribution in [0.5, 0.6) is 0 Å². The molecule has 1 saturated heterocycles. The summed E-state index contributed by atoms with van der Waals surface area (Å²) in [5.74, 6) is -0.443. The third-order valence-corrected chi connectivity index (χ3v) is 7.42. The van der Waals surface area contributed by atoms with Gasteiger partial charge in [0.1, 0.15) is 0 Å². The van der Waals surface area contributed by atoms with Crippen LogP contribution < -0.4 is 11.1 Å². The maximum absolute atomic E-state index is 12.8. The molecule has 0 unspecified atom stereocenters. The number of piperazine rings is 1. The third kappa shape index (κ3) is 5.69. The minimum absolute atomic E-state index is 0.00386. The standard InChI is InChI=1S/C24H26N6O3S/c1-29-11-13-30(14-12-29)15-16-34(32,33)20-9-7-18(8-10-20)21-17-26-23(25)22(28-21)24(31)27-19-5-3-2-4-6-19/h3,5-10,17H,11-16H2,1H3,(H2,25,26)(H,27,31). The Morgan fingerprint density at radius 1 is 1.12 bits per heavy atom. The van der Waals surface area contributed by atoms with Gasteiger partial charge in [-0.3, -0.25) is 9.69 Å². The summed E-state index contributed by atoms with van der Waals surface area (Å²) in [6, 6.07) is 16.8. The van der Waals surface area contributed by atoms with Crippen molar-refractivity contribution < 1.29 is 13.2 Å². The van der Waals surface area contributed by atoms with E-state index < -0.39 is 15.7 Å². The predicted octanol–water partition coefficient (Wildman–Crippen LogP) is 1.60. The van der Waals surface area contributed by atoms with E-state index in [2.05, 4.69) is 44.3 Å². The van der Waals surface area contributed by atoms with Crippen LogP contribution in [0.3, 0.4) is 0 Å². The molecule has 1 aromatic heterocycles. The van der Waals surface area contributed by atoms with Gasteiger partial charge >= 0.3 is 0 Å². The lowest BCUT2D eigenvalue weighted by molar-refractivity contribution is 0.102. The number of sulfone groups is 1. The smallest absolute Gasteiger partial charge is 0.278 e. The number of hydrogen-bond acceptors (Lipinski definition) is 8. The number of anilines is 2. The summed E-state index contributed by atoms with van der Waals surface area (Å²) in [6.45, 7) is 4.14. The maximum Gasteiger partial charge on any atom is 0.278 e. The molecule has 1 aliphatic heterocycles. The number of hydrogen-bond donors (Lipinski definition) is 2. The molecular formula is C24H26N6O3S. The van der Waals surface area contributed by atoms with Crippen molar-refractivity contribution in [3.8, 4) is 11.3 Å². The number of rotatable bonds is 7. The fourth-order valence-corrected chi connectivity index (χ4v) is 4.88. The highest BCUT2D eigenvalue weighted by atomic mass is 32.2. The van der Waals surface area contributed by atoms with E-state index in [-0.39, 0.29) is 22.2 Å². The number of carbonyl (C=O) groups is 1. The predicted molar refractivity (Wildman–Crippen MR) is 130 cm³/mol. The fraction of sp³-hybridized carbons (Fsp3) is 0.292. The molecule has 0 radical (unpaired) electrons. The summed E-state index contributed by atoms with van der Waals surface area (Å²) in [6.07, 6.45) is 1.45. The van der Waals surface area contributed by atoms with Crippen LogP contribution in [0.2, 0.25) is 0 Å². The number of likely N-dealkylation sites (N-methyl/N-ethyl adjacent to an activating group) is 1. The monoisotopic (exact) mass is 478 g/mol. The van der Waals surface area contributed by atoms with Gasteiger partial charge in [0.05, 0.1) is 28.2 Å². The first-order valence-electron chi connectivity index (χ1n) is 10.9. The van der Waals surface area contributed by atoms with Crippen molar-refractivity contribution in [2.45, 2.75) is 4.90 Å². The molecule has 1 amide bonds. The largest absolute Gasteiger partial charge is 0.382 e. The van der Waals surface area contributed by atoms with Gasteiger partial charge in [0.25, 0.3) is 5.91 Å². The minimum atomic E-state index is -3.42. The number of amides is 1. The van der Waals surface area contributed by atoms with Gasteiger partial charge in [-0.15, -0.1) is 0 Å². The molecule has 34 heavy (non-hydrogen) atoms. The van der Waals surface area contributed by atoms with Crippen LogP contribution in [0.25, 0.3) is 11.3 Å². The normalized spacial score (nSPS) is 15.0. The quantitative estimate of drug-likeness (QED) is 0.525.